The van der Waals surface area contributed by atoms with Gasteiger partial charge in [-0.05, 0) is 70.1 Å². The highest BCUT2D eigenvalue weighted by molar-refractivity contribution is 14.1. The molecule has 112 valence electrons. The number of carbonyl (C=O) groups is 1. The van der Waals surface area contributed by atoms with Crippen LogP contribution in [0.5, 0.6) is 0 Å². The summed E-state index contributed by atoms with van der Waals surface area (Å²) in [5.74, 6) is 0.110. The summed E-state index contributed by atoms with van der Waals surface area (Å²) >= 11 is 9.21. The molecule has 0 N–H and O–H groups in total. The lowest BCUT2D eigenvalue weighted by atomic mass is 10.1. The lowest BCUT2D eigenvalue weighted by molar-refractivity contribution is 0.0989. The standard InChI is InChI=1S/C15H15Br2IN2O/c1-3-12-15(17)13(20(4-2)19-12)8-14(21)10-7-9(16)5-6-11(10)18/h5-7H,3-4,8H2,1-2H3. The monoisotopic (exact) mass is 524 g/mol. The van der Waals surface area contributed by atoms with E-state index in [9.17, 15) is 4.79 Å². The number of hydrogen-bond donors (Lipinski definition) is 0. The van der Waals surface area contributed by atoms with Gasteiger partial charge in [0.2, 0.25) is 0 Å². The molecule has 3 nitrogen and oxygen atoms in total. The van der Waals surface area contributed by atoms with Gasteiger partial charge in [0, 0.05) is 20.2 Å². The van der Waals surface area contributed by atoms with Crippen LogP contribution in [0.3, 0.4) is 0 Å². The zero-order valence-corrected chi connectivity index (χ0v) is 17.1. The predicted octanol–water partition coefficient (Wildman–Crippen LogP) is 5.02. The molecule has 0 atom stereocenters. The summed E-state index contributed by atoms with van der Waals surface area (Å²) in [6.07, 6.45) is 1.21. The SMILES string of the molecule is CCc1nn(CC)c(CC(=O)c2cc(Br)ccc2I)c1Br. The number of Topliss-reactive ketones (excluding diaryl/α,β-unsaturated/α-hetero) is 1. The number of benzene rings is 1. The second kappa shape index (κ2) is 7.37. The van der Waals surface area contributed by atoms with E-state index in [1.807, 2.05) is 29.8 Å². The molecule has 0 unspecified atom stereocenters. The van der Waals surface area contributed by atoms with Crippen molar-refractivity contribution in [2.24, 2.45) is 0 Å². The first kappa shape index (κ1) is 17.1. The Labute approximate surface area is 154 Å². The molecule has 0 saturated carbocycles. The highest BCUT2D eigenvalue weighted by Crippen LogP contribution is 2.25. The minimum Gasteiger partial charge on any atom is -0.294 e. The molecule has 0 fully saturated rings. The van der Waals surface area contributed by atoms with Crippen LogP contribution in [0.1, 0.15) is 35.6 Å². The summed E-state index contributed by atoms with van der Waals surface area (Å²) in [6.45, 7) is 4.86. The minimum atomic E-state index is 0.110. The molecule has 2 rings (SSSR count). The maximum absolute atomic E-state index is 12.6. The molecule has 1 aromatic carbocycles. The van der Waals surface area contributed by atoms with Gasteiger partial charge < -0.3 is 0 Å². The number of ketones is 1. The number of aryl methyl sites for hydroxylation is 2. The van der Waals surface area contributed by atoms with E-state index < -0.39 is 0 Å². The molecule has 1 heterocycles. The molecule has 0 spiro atoms. The fraction of sp³-hybridized carbons (Fsp3) is 0.333. The second-order valence-electron chi connectivity index (χ2n) is 4.60. The summed E-state index contributed by atoms with van der Waals surface area (Å²) in [7, 11) is 0. The number of carbonyl (C=O) groups excluding carboxylic acids is 1. The van der Waals surface area contributed by atoms with Gasteiger partial charge in [-0.3, -0.25) is 9.48 Å². The Morgan fingerprint density at radius 1 is 1.33 bits per heavy atom. The van der Waals surface area contributed by atoms with Gasteiger partial charge >= 0.3 is 0 Å². The van der Waals surface area contributed by atoms with Gasteiger partial charge in [0.05, 0.1) is 22.3 Å². The van der Waals surface area contributed by atoms with E-state index in [2.05, 4.69) is 66.5 Å². The lowest BCUT2D eigenvalue weighted by Crippen LogP contribution is -2.11. The van der Waals surface area contributed by atoms with Gasteiger partial charge in [-0.25, -0.2) is 0 Å². The van der Waals surface area contributed by atoms with E-state index in [1.54, 1.807) is 0 Å². The van der Waals surface area contributed by atoms with Gasteiger partial charge in [-0.1, -0.05) is 22.9 Å². The Balaban J connectivity index is 2.35. The first-order chi connectivity index (χ1) is 9.97. The maximum Gasteiger partial charge on any atom is 0.169 e. The minimum absolute atomic E-state index is 0.110. The molecule has 0 aliphatic carbocycles. The van der Waals surface area contributed by atoms with Gasteiger partial charge in [0.25, 0.3) is 0 Å². The fourth-order valence-corrected chi connectivity index (χ4v) is 3.85. The smallest absolute Gasteiger partial charge is 0.169 e. The Morgan fingerprint density at radius 3 is 2.67 bits per heavy atom. The molecule has 0 bridgehead atoms. The quantitative estimate of drug-likeness (QED) is 0.406. The van der Waals surface area contributed by atoms with Gasteiger partial charge in [-0.15, -0.1) is 0 Å². The van der Waals surface area contributed by atoms with Crippen LogP contribution < -0.4 is 0 Å². The molecule has 1 aromatic heterocycles. The molecular formula is C15H15Br2IN2O. The number of rotatable bonds is 5. The molecule has 21 heavy (non-hydrogen) atoms. The van der Waals surface area contributed by atoms with Gasteiger partial charge in [0.1, 0.15) is 0 Å². The van der Waals surface area contributed by atoms with Crippen LogP contribution in [0.15, 0.2) is 27.1 Å². The lowest BCUT2D eigenvalue weighted by Gasteiger charge is -2.07. The summed E-state index contributed by atoms with van der Waals surface area (Å²) < 4.78 is 4.76. The average molecular weight is 526 g/mol. The van der Waals surface area contributed by atoms with E-state index in [-0.39, 0.29) is 5.78 Å². The highest BCUT2D eigenvalue weighted by atomic mass is 127. The zero-order chi connectivity index (χ0) is 15.6. The Hall–Kier alpha value is -0.210. The van der Waals surface area contributed by atoms with Crippen molar-refractivity contribution in [2.45, 2.75) is 33.2 Å². The molecule has 0 saturated heterocycles. The number of nitrogens with zero attached hydrogens (tertiary/aromatic N) is 2. The second-order valence-corrected chi connectivity index (χ2v) is 7.47. The van der Waals surface area contributed by atoms with Crippen LogP contribution >= 0.6 is 54.5 Å². The maximum atomic E-state index is 12.6. The fourth-order valence-electron chi connectivity index (χ4n) is 2.14. The van der Waals surface area contributed by atoms with Crippen molar-refractivity contribution in [1.29, 1.82) is 0 Å². The van der Waals surface area contributed by atoms with Crippen molar-refractivity contribution in [2.75, 3.05) is 0 Å². The third-order valence-electron chi connectivity index (χ3n) is 3.25. The molecule has 2 aromatic rings. The van der Waals surface area contributed by atoms with Gasteiger partial charge in [-0.2, -0.15) is 5.10 Å². The average Bonchev–Trinajstić information content (AvgIpc) is 2.77. The van der Waals surface area contributed by atoms with Crippen molar-refractivity contribution >= 4 is 60.2 Å². The summed E-state index contributed by atoms with van der Waals surface area (Å²) in [4.78, 5) is 12.6. The number of aromatic nitrogens is 2. The van der Waals surface area contributed by atoms with E-state index in [1.165, 1.54) is 0 Å². The van der Waals surface area contributed by atoms with Gasteiger partial charge in [0.15, 0.2) is 5.78 Å². The predicted molar refractivity (Wildman–Crippen MR) is 99.9 cm³/mol. The van der Waals surface area contributed by atoms with Crippen molar-refractivity contribution < 1.29 is 4.79 Å². The Morgan fingerprint density at radius 2 is 2.05 bits per heavy atom. The van der Waals surface area contributed by atoms with Crippen molar-refractivity contribution in [3.63, 3.8) is 0 Å². The van der Waals surface area contributed by atoms with E-state index >= 15 is 0 Å². The van der Waals surface area contributed by atoms with Crippen molar-refractivity contribution in [1.82, 2.24) is 9.78 Å². The zero-order valence-electron chi connectivity index (χ0n) is 11.8. The van der Waals surface area contributed by atoms with Crippen LogP contribution in [-0.2, 0) is 19.4 Å². The number of halogens is 3. The highest BCUT2D eigenvalue weighted by Gasteiger charge is 2.19. The summed E-state index contributed by atoms with van der Waals surface area (Å²) in [5, 5.41) is 4.54. The largest absolute Gasteiger partial charge is 0.294 e. The van der Waals surface area contributed by atoms with E-state index in [0.717, 1.165) is 42.4 Å². The first-order valence-corrected chi connectivity index (χ1v) is 9.36. The third-order valence-corrected chi connectivity index (χ3v) is 5.60. The molecule has 6 heteroatoms. The van der Waals surface area contributed by atoms with Crippen LogP contribution in [0.25, 0.3) is 0 Å². The Bertz CT molecular complexity index is 683. The third kappa shape index (κ3) is 3.76. The number of hydrogen-bond acceptors (Lipinski definition) is 2. The summed E-state index contributed by atoms with van der Waals surface area (Å²) in [6, 6.07) is 5.77. The molecule has 0 amide bonds. The topological polar surface area (TPSA) is 34.9 Å². The first-order valence-electron chi connectivity index (χ1n) is 6.70. The molecule has 0 radical (unpaired) electrons. The normalized spacial score (nSPS) is 10.9. The van der Waals surface area contributed by atoms with Crippen LogP contribution in [0.4, 0.5) is 0 Å². The van der Waals surface area contributed by atoms with Crippen molar-refractivity contribution in [3.8, 4) is 0 Å². The van der Waals surface area contributed by atoms with E-state index in [0.29, 0.717) is 6.42 Å². The van der Waals surface area contributed by atoms with Crippen LogP contribution in [0.2, 0.25) is 0 Å². The van der Waals surface area contributed by atoms with Crippen molar-refractivity contribution in [3.05, 3.63) is 47.7 Å². The van der Waals surface area contributed by atoms with Crippen LogP contribution in [0, 0.1) is 3.57 Å². The molecule has 0 aliphatic rings. The van der Waals surface area contributed by atoms with E-state index in [4.69, 9.17) is 0 Å². The summed E-state index contributed by atoms with van der Waals surface area (Å²) in [5.41, 5.74) is 2.71. The van der Waals surface area contributed by atoms with Crippen LogP contribution in [-0.4, -0.2) is 15.6 Å². The Kier molecular flexibility index (Phi) is 6.02. The molecule has 0 aliphatic heterocycles. The molecular weight excluding hydrogens is 511 g/mol.